The van der Waals surface area contributed by atoms with Crippen LogP contribution in [0.15, 0.2) is 41.3 Å². The van der Waals surface area contributed by atoms with Gasteiger partial charge in [-0.15, -0.1) is 0 Å². The van der Waals surface area contributed by atoms with Crippen LogP contribution in [-0.2, 0) is 4.79 Å². The number of carbonyl (C=O) groups is 1. The largest absolute Gasteiger partial charge is 0.493 e. The number of carbonyl (C=O) groups excluding carboxylic acids is 1. The number of para-hydroxylation sites is 2. The summed E-state index contributed by atoms with van der Waals surface area (Å²) in [4.78, 5) is 25.9. The Morgan fingerprint density at radius 2 is 2.19 bits per heavy atom. The van der Waals surface area contributed by atoms with Gasteiger partial charge in [-0.3, -0.25) is 9.59 Å². The molecule has 3 rings (SSSR count). The van der Waals surface area contributed by atoms with Crippen molar-refractivity contribution in [3.8, 4) is 11.5 Å². The molecule has 1 saturated heterocycles. The molecule has 2 aromatic rings. The number of hydrogen-bond donors (Lipinski definition) is 2. The minimum atomic E-state index is -0.243. The molecule has 1 amide bonds. The van der Waals surface area contributed by atoms with Gasteiger partial charge in [0.25, 0.3) is 5.56 Å². The molecule has 1 aromatic carbocycles. The zero-order chi connectivity index (χ0) is 19.1. The maximum absolute atomic E-state index is 12.5. The highest BCUT2D eigenvalue weighted by Gasteiger charge is 2.26. The van der Waals surface area contributed by atoms with E-state index in [9.17, 15) is 9.59 Å². The Labute approximate surface area is 157 Å². The Morgan fingerprint density at radius 3 is 2.96 bits per heavy atom. The van der Waals surface area contributed by atoms with Crippen LogP contribution in [0.3, 0.4) is 0 Å². The molecular formula is C19H24N4O4. The third-order valence-corrected chi connectivity index (χ3v) is 4.54. The summed E-state index contributed by atoms with van der Waals surface area (Å²) in [6.45, 7) is 2.16. The van der Waals surface area contributed by atoms with Gasteiger partial charge in [0.1, 0.15) is 6.61 Å². The second-order valence-corrected chi connectivity index (χ2v) is 6.38. The number of H-pyrrole nitrogens is 1. The molecule has 0 unspecified atom stereocenters. The van der Waals surface area contributed by atoms with Crippen molar-refractivity contribution < 1.29 is 14.3 Å². The normalized spacial score (nSPS) is 16.6. The Kier molecular flexibility index (Phi) is 6.30. The summed E-state index contributed by atoms with van der Waals surface area (Å²) >= 11 is 0. The van der Waals surface area contributed by atoms with Crippen LogP contribution >= 0.6 is 0 Å². The molecule has 1 atom stereocenters. The Morgan fingerprint density at radius 1 is 1.37 bits per heavy atom. The zero-order valence-corrected chi connectivity index (χ0v) is 15.3. The van der Waals surface area contributed by atoms with Gasteiger partial charge in [-0.2, -0.15) is 5.10 Å². The molecular weight excluding hydrogens is 348 g/mol. The van der Waals surface area contributed by atoms with E-state index < -0.39 is 0 Å². The van der Waals surface area contributed by atoms with Crippen molar-refractivity contribution in [3.63, 3.8) is 0 Å². The number of nitrogens with one attached hydrogen (secondary N) is 2. The van der Waals surface area contributed by atoms with Crippen molar-refractivity contribution in [2.45, 2.75) is 12.8 Å². The molecule has 1 aliphatic rings. The summed E-state index contributed by atoms with van der Waals surface area (Å²) in [6.07, 6.45) is 3.33. The fourth-order valence-electron chi connectivity index (χ4n) is 3.18. The molecule has 8 heteroatoms. The first-order valence-corrected chi connectivity index (χ1v) is 9.00. The second kappa shape index (κ2) is 9.07. The molecule has 0 bridgehead atoms. The van der Waals surface area contributed by atoms with Gasteiger partial charge in [-0.1, -0.05) is 12.1 Å². The van der Waals surface area contributed by atoms with E-state index in [-0.39, 0.29) is 17.4 Å². The first kappa shape index (κ1) is 18.8. The smallest absolute Gasteiger partial charge is 0.266 e. The number of aromatic nitrogens is 2. The van der Waals surface area contributed by atoms with Gasteiger partial charge in [0, 0.05) is 19.2 Å². The van der Waals surface area contributed by atoms with Crippen molar-refractivity contribution in [3.05, 3.63) is 46.9 Å². The lowest BCUT2D eigenvalue weighted by molar-refractivity contribution is -0.125. The molecule has 1 aliphatic heterocycles. The maximum atomic E-state index is 12.5. The minimum Gasteiger partial charge on any atom is -0.493 e. The Balaban J connectivity index is 1.47. The van der Waals surface area contributed by atoms with E-state index >= 15 is 0 Å². The molecule has 27 heavy (non-hydrogen) atoms. The highest BCUT2D eigenvalue weighted by molar-refractivity contribution is 5.79. The van der Waals surface area contributed by atoms with Crippen molar-refractivity contribution in [2.75, 3.05) is 38.3 Å². The first-order valence-electron chi connectivity index (χ1n) is 9.00. The topological polar surface area (TPSA) is 96.6 Å². The van der Waals surface area contributed by atoms with Gasteiger partial charge >= 0.3 is 0 Å². The summed E-state index contributed by atoms with van der Waals surface area (Å²) in [5, 5.41) is 9.12. The van der Waals surface area contributed by atoms with Gasteiger partial charge < -0.3 is 19.7 Å². The van der Waals surface area contributed by atoms with Crippen LogP contribution in [0, 0.1) is 5.92 Å². The number of ether oxygens (including phenoxy) is 2. The van der Waals surface area contributed by atoms with Crippen LogP contribution in [0.1, 0.15) is 12.8 Å². The maximum Gasteiger partial charge on any atom is 0.266 e. The van der Waals surface area contributed by atoms with Crippen molar-refractivity contribution in [1.82, 2.24) is 15.5 Å². The van der Waals surface area contributed by atoms with E-state index in [0.29, 0.717) is 31.2 Å². The molecule has 8 nitrogen and oxygen atoms in total. The predicted octanol–water partition coefficient (Wildman–Crippen LogP) is 1.19. The van der Waals surface area contributed by atoms with Crippen molar-refractivity contribution >= 4 is 11.6 Å². The number of aromatic amines is 1. The van der Waals surface area contributed by atoms with Gasteiger partial charge in [-0.25, -0.2) is 5.10 Å². The van der Waals surface area contributed by atoms with Crippen LogP contribution in [0.2, 0.25) is 0 Å². The fourth-order valence-corrected chi connectivity index (χ4v) is 3.18. The molecule has 1 fully saturated rings. The van der Waals surface area contributed by atoms with E-state index in [2.05, 4.69) is 15.5 Å². The van der Waals surface area contributed by atoms with Crippen molar-refractivity contribution in [1.29, 1.82) is 0 Å². The fraction of sp³-hybridized carbons (Fsp3) is 0.421. The van der Waals surface area contributed by atoms with Crippen LogP contribution < -0.4 is 25.2 Å². The third-order valence-electron chi connectivity index (χ3n) is 4.54. The predicted molar refractivity (Wildman–Crippen MR) is 101 cm³/mol. The van der Waals surface area contributed by atoms with E-state index in [1.165, 1.54) is 6.07 Å². The lowest BCUT2D eigenvalue weighted by atomic mass is 9.97. The summed E-state index contributed by atoms with van der Waals surface area (Å²) in [5.74, 6) is 1.20. The van der Waals surface area contributed by atoms with Crippen LogP contribution in [0.25, 0.3) is 0 Å². The molecule has 0 aliphatic carbocycles. The quantitative estimate of drug-likeness (QED) is 0.709. The average Bonchev–Trinajstić information content (AvgIpc) is 2.71. The number of nitrogens with zero attached hydrogens (tertiary/aromatic N) is 2. The number of anilines is 1. The molecule has 0 saturated carbocycles. The zero-order valence-electron chi connectivity index (χ0n) is 15.3. The number of piperidine rings is 1. The summed E-state index contributed by atoms with van der Waals surface area (Å²) in [5.41, 5.74) is 0.503. The third kappa shape index (κ3) is 4.99. The lowest BCUT2D eigenvalue weighted by Gasteiger charge is -2.33. The van der Waals surface area contributed by atoms with Gasteiger partial charge in [0.2, 0.25) is 5.91 Å². The van der Waals surface area contributed by atoms with Crippen molar-refractivity contribution in [2.24, 2.45) is 5.92 Å². The molecule has 0 radical (unpaired) electrons. The monoisotopic (exact) mass is 372 g/mol. The molecule has 144 valence electrons. The second-order valence-electron chi connectivity index (χ2n) is 6.38. The molecule has 2 N–H and O–H groups in total. The standard InChI is InChI=1S/C19H24N4O4/c1-26-16-6-2-3-7-17(16)27-10-8-20-19(25)14-5-4-9-23(13-14)15-11-18(24)22-21-12-15/h2-3,6-7,11-12,14H,4-5,8-10,13H2,1H3,(H,20,25)(H,22,24)/t14-/m1/s1. The minimum absolute atomic E-state index is 0.00104. The summed E-state index contributed by atoms with van der Waals surface area (Å²) < 4.78 is 10.9. The Bertz CT molecular complexity index is 823. The van der Waals surface area contributed by atoms with Crippen LogP contribution in [-0.4, -0.2) is 49.5 Å². The van der Waals surface area contributed by atoms with E-state index in [1.54, 1.807) is 13.3 Å². The van der Waals surface area contributed by atoms with Crippen LogP contribution in [0.5, 0.6) is 11.5 Å². The lowest BCUT2D eigenvalue weighted by Crippen LogP contribution is -2.44. The molecule has 1 aromatic heterocycles. The molecule has 0 spiro atoms. The number of hydrogen-bond acceptors (Lipinski definition) is 6. The summed E-state index contributed by atoms with van der Waals surface area (Å²) in [7, 11) is 1.59. The number of benzene rings is 1. The summed E-state index contributed by atoms with van der Waals surface area (Å²) in [6, 6.07) is 8.91. The SMILES string of the molecule is COc1ccccc1OCCNC(=O)[C@@H]1CCCN(c2cn[nH]c(=O)c2)C1. The van der Waals surface area contributed by atoms with Gasteiger partial charge in [0.15, 0.2) is 11.5 Å². The van der Waals surface area contributed by atoms with E-state index in [4.69, 9.17) is 9.47 Å². The number of rotatable bonds is 7. The Hall–Kier alpha value is -3.03. The average molecular weight is 372 g/mol. The molecule has 2 heterocycles. The highest BCUT2D eigenvalue weighted by atomic mass is 16.5. The number of amides is 1. The van der Waals surface area contributed by atoms with Crippen LogP contribution in [0.4, 0.5) is 5.69 Å². The van der Waals surface area contributed by atoms with E-state index in [1.807, 2.05) is 29.2 Å². The van der Waals surface area contributed by atoms with E-state index in [0.717, 1.165) is 25.1 Å². The van der Waals surface area contributed by atoms with Gasteiger partial charge in [0.05, 0.1) is 31.5 Å². The van der Waals surface area contributed by atoms with Gasteiger partial charge in [-0.05, 0) is 25.0 Å². The highest BCUT2D eigenvalue weighted by Crippen LogP contribution is 2.25. The number of methoxy groups -OCH3 is 1. The first-order chi connectivity index (χ1) is 13.2.